The molecule has 150 valence electrons. The second-order valence-electron chi connectivity index (χ2n) is 6.20. The van der Waals surface area contributed by atoms with Crippen molar-refractivity contribution in [2.24, 2.45) is 0 Å². The average Bonchev–Trinajstić information content (AvgIpc) is 2.66. The number of halogens is 1. The quantitative estimate of drug-likeness (QED) is 0.684. The van der Waals surface area contributed by atoms with E-state index in [-0.39, 0.29) is 22.4 Å². The molecule has 0 saturated heterocycles. The summed E-state index contributed by atoms with van der Waals surface area (Å²) in [4.78, 5) is 12.0. The third kappa shape index (κ3) is 5.64. The lowest BCUT2D eigenvalue weighted by Gasteiger charge is -2.15. The van der Waals surface area contributed by atoms with Crippen molar-refractivity contribution in [3.63, 3.8) is 0 Å². The first-order chi connectivity index (χ1) is 13.2. The number of benzene rings is 2. The van der Waals surface area contributed by atoms with Gasteiger partial charge in [-0.15, -0.1) is 0 Å². The average molecular weight is 406 g/mol. The standard InChI is InChI=1S/C20H23FN2O4S/c1-23(2)28(25,26)19-14-16(7-9-18(19)27-3)8-10-20(24)22-12-11-15-5-4-6-17(21)13-15/h4-10,13-14H,11-12H2,1-3H3,(H,22,24)/b10-8+. The number of methoxy groups -OCH3 is 1. The molecule has 0 fully saturated rings. The zero-order valence-electron chi connectivity index (χ0n) is 16.0. The molecule has 0 saturated carbocycles. The molecule has 1 amide bonds. The van der Waals surface area contributed by atoms with Crippen molar-refractivity contribution in [3.05, 3.63) is 65.5 Å². The van der Waals surface area contributed by atoms with E-state index in [9.17, 15) is 17.6 Å². The van der Waals surface area contributed by atoms with E-state index < -0.39 is 10.0 Å². The van der Waals surface area contributed by atoms with Gasteiger partial charge >= 0.3 is 0 Å². The van der Waals surface area contributed by atoms with Gasteiger partial charge in [-0.1, -0.05) is 18.2 Å². The summed E-state index contributed by atoms with van der Waals surface area (Å²) in [6.07, 6.45) is 3.34. The molecule has 8 heteroatoms. The van der Waals surface area contributed by atoms with Crippen LogP contribution in [0.1, 0.15) is 11.1 Å². The predicted octanol–water partition coefficient (Wildman–Crippen LogP) is 2.46. The number of amides is 1. The van der Waals surface area contributed by atoms with Gasteiger partial charge in [0.1, 0.15) is 16.5 Å². The highest BCUT2D eigenvalue weighted by atomic mass is 32.2. The molecular formula is C20H23FN2O4S. The zero-order valence-corrected chi connectivity index (χ0v) is 16.8. The van der Waals surface area contributed by atoms with Crippen LogP contribution in [0.3, 0.4) is 0 Å². The van der Waals surface area contributed by atoms with E-state index in [0.717, 1.165) is 9.87 Å². The van der Waals surface area contributed by atoms with Gasteiger partial charge in [-0.05, 0) is 47.9 Å². The Morgan fingerprint density at radius 2 is 1.96 bits per heavy atom. The first kappa shape index (κ1) is 21.6. The van der Waals surface area contributed by atoms with E-state index in [1.807, 2.05) is 0 Å². The summed E-state index contributed by atoms with van der Waals surface area (Å²) in [7, 11) is 0.576. The molecule has 2 aromatic carbocycles. The summed E-state index contributed by atoms with van der Waals surface area (Å²) in [6, 6.07) is 10.8. The van der Waals surface area contributed by atoms with E-state index in [2.05, 4.69) is 5.32 Å². The summed E-state index contributed by atoms with van der Waals surface area (Å²) in [6.45, 7) is 0.357. The molecule has 0 heterocycles. The van der Waals surface area contributed by atoms with Gasteiger partial charge in [-0.25, -0.2) is 17.1 Å². The van der Waals surface area contributed by atoms with Crippen molar-refractivity contribution < 1.29 is 22.3 Å². The molecule has 0 bridgehead atoms. The Kier molecular flexibility index (Phi) is 7.31. The van der Waals surface area contributed by atoms with Crippen LogP contribution < -0.4 is 10.1 Å². The molecule has 1 N–H and O–H groups in total. The fourth-order valence-electron chi connectivity index (χ4n) is 2.45. The summed E-state index contributed by atoms with van der Waals surface area (Å²) in [5, 5.41) is 2.71. The van der Waals surface area contributed by atoms with Gasteiger partial charge in [0.05, 0.1) is 7.11 Å². The Morgan fingerprint density at radius 1 is 1.21 bits per heavy atom. The summed E-state index contributed by atoms with van der Waals surface area (Å²) in [5.74, 6) is -0.415. The lowest BCUT2D eigenvalue weighted by molar-refractivity contribution is -0.116. The normalized spacial score (nSPS) is 11.8. The van der Waals surface area contributed by atoms with Crippen molar-refractivity contribution in [2.75, 3.05) is 27.7 Å². The number of nitrogens with zero attached hydrogens (tertiary/aromatic N) is 1. The Hall–Kier alpha value is -2.71. The monoisotopic (exact) mass is 406 g/mol. The highest BCUT2D eigenvalue weighted by molar-refractivity contribution is 7.89. The highest BCUT2D eigenvalue weighted by Crippen LogP contribution is 2.27. The third-order valence-electron chi connectivity index (χ3n) is 3.98. The number of hydrogen-bond donors (Lipinski definition) is 1. The zero-order chi connectivity index (χ0) is 20.7. The lowest BCUT2D eigenvalue weighted by Crippen LogP contribution is -2.23. The molecule has 0 aliphatic carbocycles. The maximum Gasteiger partial charge on any atom is 0.246 e. The van der Waals surface area contributed by atoms with E-state index in [4.69, 9.17) is 4.74 Å². The Labute approximate surface area is 164 Å². The number of ether oxygens (including phenoxy) is 1. The third-order valence-corrected chi connectivity index (χ3v) is 5.81. The predicted molar refractivity (Wildman–Crippen MR) is 106 cm³/mol. The second-order valence-corrected chi connectivity index (χ2v) is 8.32. The molecule has 2 aromatic rings. The first-order valence-corrected chi connectivity index (χ1v) is 9.99. The highest BCUT2D eigenvalue weighted by Gasteiger charge is 2.22. The number of rotatable bonds is 8. The van der Waals surface area contributed by atoms with Crippen molar-refractivity contribution in [1.29, 1.82) is 0 Å². The van der Waals surface area contributed by atoms with Gasteiger partial charge in [0.15, 0.2) is 0 Å². The molecule has 0 unspecified atom stereocenters. The minimum absolute atomic E-state index is 0.0219. The Morgan fingerprint density at radius 3 is 2.61 bits per heavy atom. The molecule has 0 radical (unpaired) electrons. The van der Waals surface area contributed by atoms with Gasteiger partial charge in [-0.2, -0.15) is 0 Å². The summed E-state index contributed by atoms with van der Waals surface area (Å²) in [5.41, 5.74) is 1.33. The maximum atomic E-state index is 13.1. The van der Waals surface area contributed by atoms with E-state index >= 15 is 0 Å². The number of sulfonamides is 1. The van der Waals surface area contributed by atoms with Crippen LogP contribution in [0.5, 0.6) is 5.75 Å². The first-order valence-electron chi connectivity index (χ1n) is 8.55. The summed E-state index contributed by atoms with van der Waals surface area (Å²) >= 11 is 0. The molecule has 0 spiro atoms. The lowest BCUT2D eigenvalue weighted by atomic mass is 10.1. The van der Waals surface area contributed by atoms with Crippen LogP contribution in [-0.2, 0) is 21.2 Å². The van der Waals surface area contributed by atoms with Crippen LogP contribution in [0.2, 0.25) is 0 Å². The smallest absolute Gasteiger partial charge is 0.246 e. The van der Waals surface area contributed by atoms with Crippen molar-refractivity contribution in [2.45, 2.75) is 11.3 Å². The largest absolute Gasteiger partial charge is 0.495 e. The van der Waals surface area contributed by atoms with Gasteiger partial charge in [0, 0.05) is 26.7 Å². The molecule has 2 rings (SSSR count). The van der Waals surface area contributed by atoms with Crippen LogP contribution >= 0.6 is 0 Å². The minimum Gasteiger partial charge on any atom is -0.495 e. The SMILES string of the molecule is COc1ccc(/C=C/C(=O)NCCc2cccc(F)c2)cc1S(=O)(=O)N(C)C. The molecule has 0 aliphatic rings. The van der Waals surface area contributed by atoms with E-state index in [1.165, 1.54) is 57.6 Å². The van der Waals surface area contributed by atoms with Gasteiger partial charge in [-0.3, -0.25) is 4.79 Å². The number of nitrogens with one attached hydrogen (secondary N) is 1. The number of carbonyl (C=O) groups is 1. The second kappa shape index (κ2) is 9.48. The maximum absolute atomic E-state index is 13.1. The number of hydrogen-bond acceptors (Lipinski definition) is 4. The molecule has 0 aromatic heterocycles. The van der Waals surface area contributed by atoms with Crippen molar-refractivity contribution >= 4 is 22.0 Å². The van der Waals surface area contributed by atoms with Crippen LogP contribution in [0.4, 0.5) is 4.39 Å². The molecule has 6 nitrogen and oxygen atoms in total. The number of carbonyl (C=O) groups excluding carboxylic acids is 1. The molecule has 0 aliphatic heterocycles. The minimum atomic E-state index is -3.69. The Bertz CT molecular complexity index is 972. The van der Waals surface area contributed by atoms with Crippen molar-refractivity contribution in [3.8, 4) is 5.75 Å². The van der Waals surface area contributed by atoms with Gasteiger partial charge < -0.3 is 10.1 Å². The Balaban J connectivity index is 2.04. The van der Waals surface area contributed by atoms with Gasteiger partial charge in [0.2, 0.25) is 15.9 Å². The summed E-state index contributed by atoms with van der Waals surface area (Å²) < 4.78 is 44.2. The molecule has 0 atom stereocenters. The van der Waals surface area contributed by atoms with E-state index in [0.29, 0.717) is 18.5 Å². The van der Waals surface area contributed by atoms with Crippen molar-refractivity contribution in [1.82, 2.24) is 9.62 Å². The molecular weight excluding hydrogens is 383 g/mol. The van der Waals surface area contributed by atoms with Crippen LogP contribution in [0.15, 0.2) is 53.4 Å². The van der Waals surface area contributed by atoms with Crippen LogP contribution in [0.25, 0.3) is 6.08 Å². The fourth-order valence-corrected chi connectivity index (χ4v) is 3.53. The fraction of sp³-hybridized carbons (Fsp3) is 0.250. The topological polar surface area (TPSA) is 75.7 Å². The van der Waals surface area contributed by atoms with Crippen LogP contribution in [-0.4, -0.2) is 46.4 Å². The molecule has 28 heavy (non-hydrogen) atoms. The van der Waals surface area contributed by atoms with E-state index in [1.54, 1.807) is 18.2 Å². The van der Waals surface area contributed by atoms with Gasteiger partial charge in [0.25, 0.3) is 0 Å². The van der Waals surface area contributed by atoms with Crippen LogP contribution in [0, 0.1) is 5.82 Å².